The van der Waals surface area contributed by atoms with Gasteiger partial charge in [0.1, 0.15) is 11.5 Å². The van der Waals surface area contributed by atoms with E-state index in [-0.39, 0.29) is 5.84 Å². The highest BCUT2D eigenvalue weighted by molar-refractivity contribution is 5.92. The topological polar surface area (TPSA) is 62.8 Å². The Labute approximate surface area is 78.5 Å². The van der Waals surface area contributed by atoms with Crippen LogP contribution in [0.25, 0.3) is 0 Å². The second kappa shape index (κ2) is 4.60. The van der Waals surface area contributed by atoms with Crippen molar-refractivity contribution < 1.29 is 0 Å². The van der Waals surface area contributed by atoms with E-state index in [1.165, 1.54) is 0 Å². The number of hydrogen-bond acceptors (Lipinski definition) is 2. The predicted octanol–water partition coefficient (Wildman–Crippen LogP) is 1.71. The van der Waals surface area contributed by atoms with E-state index in [9.17, 15) is 0 Å². The molecule has 0 spiro atoms. The molecule has 0 fully saturated rings. The third-order valence-electron chi connectivity index (χ3n) is 1.87. The van der Waals surface area contributed by atoms with Gasteiger partial charge in [0.2, 0.25) is 0 Å². The fraction of sp³-hybridized carbons (Fsp3) is 0.400. The summed E-state index contributed by atoms with van der Waals surface area (Å²) < 4.78 is 0. The summed E-state index contributed by atoms with van der Waals surface area (Å²) in [6.45, 7) is 2.15. The fourth-order valence-corrected chi connectivity index (χ4v) is 1.13. The van der Waals surface area contributed by atoms with Crippen LogP contribution in [0.3, 0.4) is 0 Å². The summed E-state index contributed by atoms with van der Waals surface area (Å²) >= 11 is 0. The van der Waals surface area contributed by atoms with Crippen molar-refractivity contribution in [3.05, 3.63) is 29.6 Å². The number of aromatic nitrogens is 1. The lowest BCUT2D eigenvalue weighted by Gasteiger charge is -2.01. The molecule has 0 saturated carbocycles. The van der Waals surface area contributed by atoms with E-state index in [4.69, 9.17) is 11.1 Å². The highest BCUT2D eigenvalue weighted by atomic mass is 14.8. The molecule has 3 nitrogen and oxygen atoms in total. The van der Waals surface area contributed by atoms with E-state index in [0.717, 1.165) is 25.0 Å². The molecule has 0 bridgehead atoms. The number of nitrogen functional groups attached to an aromatic ring is 1. The summed E-state index contributed by atoms with van der Waals surface area (Å²) in [5, 5.41) is 7.22. The number of hydrogen-bond donors (Lipinski definition) is 2. The third-order valence-corrected chi connectivity index (χ3v) is 1.87. The number of nitrogens with zero attached hydrogens (tertiary/aromatic N) is 1. The van der Waals surface area contributed by atoms with E-state index in [2.05, 4.69) is 11.9 Å². The molecule has 0 aromatic carbocycles. The Kier molecular flexibility index (Phi) is 3.43. The van der Waals surface area contributed by atoms with Crippen molar-refractivity contribution in [2.75, 3.05) is 0 Å². The molecule has 1 aromatic rings. The quantitative estimate of drug-likeness (QED) is 0.543. The molecule has 0 unspecified atom stereocenters. The fourth-order valence-electron chi connectivity index (χ4n) is 1.13. The van der Waals surface area contributed by atoms with Gasteiger partial charge in [-0.1, -0.05) is 19.4 Å². The van der Waals surface area contributed by atoms with Crippen LogP contribution in [0.4, 0.5) is 0 Å². The van der Waals surface area contributed by atoms with Gasteiger partial charge in [-0.15, -0.1) is 0 Å². The van der Waals surface area contributed by atoms with Crippen LogP contribution >= 0.6 is 0 Å². The standard InChI is InChI=1S/C10H15N3/c1-2-3-5-8-6-4-7-9(13-8)10(11)12/h4,6-7H,2-3,5H2,1H3,(H3,11,12). The van der Waals surface area contributed by atoms with Crippen molar-refractivity contribution in [2.45, 2.75) is 26.2 Å². The lowest BCUT2D eigenvalue weighted by Crippen LogP contribution is -2.13. The van der Waals surface area contributed by atoms with Crippen molar-refractivity contribution in [3.8, 4) is 0 Å². The van der Waals surface area contributed by atoms with Crippen molar-refractivity contribution in [3.63, 3.8) is 0 Å². The highest BCUT2D eigenvalue weighted by Gasteiger charge is 1.99. The van der Waals surface area contributed by atoms with Gasteiger partial charge >= 0.3 is 0 Å². The van der Waals surface area contributed by atoms with Gasteiger partial charge in [0.05, 0.1) is 0 Å². The molecule has 0 aliphatic rings. The van der Waals surface area contributed by atoms with Gasteiger partial charge in [-0.2, -0.15) is 0 Å². The van der Waals surface area contributed by atoms with E-state index in [1.807, 2.05) is 12.1 Å². The molecular weight excluding hydrogens is 162 g/mol. The number of aryl methyl sites for hydroxylation is 1. The molecule has 3 N–H and O–H groups in total. The maximum absolute atomic E-state index is 7.22. The number of rotatable bonds is 4. The van der Waals surface area contributed by atoms with E-state index in [1.54, 1.807) is 6.07 Å². The van der Waals surface area contributed by atoms with Crippen LogP contribution in [0.5, 0.6) is 0 Å². The number of amidine groups is 1. The number of nitrogens with one attached hydrogen (secondary N) is 1. The normalized spacial score (nSPS) is 9.92. The average Bonchev–Trinajstić information content (AvgIpc) is 2.15. The van der Waals surface area contributed by atoms with Gasteiger partial charge in [-0.25, -0.2) is 4.98 Å². The minimum atomic E-state index is 0.0401. The van der Waals surface area contributed by atoms with Crippen molar-refractivity contribution >= 4 is 5.84 Å². The van der Waals surface area contributed by atoms with Crippen molar-refractivity contribution in [1.29, 1.82) is 5.41 Å². The molecule has 0 atom stereocenters. The Morgan fingerprint density at radius 1 is 1.54 bits per heavy atom. The van der Waals surface area contributed by atoms with Crippen LogP contribution in [-0.4, -0.2) is 10.8 Å². The van der Waals surface area contributed by atoms with Crippen molar-refractivity contribution in [1.82, 2.24) is 4.98 Å². The molecule has 1 rings (SSSR count). The first-order valence-corrected chi connectivity index (χ1v) is 4.54. The lowest BCUT2D eigenvalue weighted by atomic mass is 10.2. The maximum Gasteiger partial charge on any atom is 0.141 e. The van der Waals surface area contributed by atoms with Gasteiger partial charge in [0.15, 0.2) is 0 Å². The zero-order chi connectivity index (χ0) is 9.68. The zero-order valence-corrected chi connectivity index (χ0v) is 7.88. The zero-order valence-electron chi connectivity index (χ0n) is 7.88. The second-order valence-electron chi connectivity index (χ2n) is 3.03. The van der Waals surface area contributed by atoms with Crippen molar-refractivity contribution in [2.24, 2.45) is 5.73 Å². The largest absolute Gasteiger partial charge is 0.382 e. The molecule has 13 heavy (non-hydrogen) atoms. The molecule has 0 aliphatic carbocycles. The minimum Gasteiger partial charge on any atom is -0.382 e. The smallest absolute Gasteiger partial charge is 0.141 e. The number of unbranched alkanes of at least 4 members (excludes halogenated alkanes) is 1. The first kappa shape index (κ1) is 9.71. The second-order valence-corrected chi connectivity index (χ2v) is 3.03. The molecule has 1 heterocycles. The van der Waals surface area contributed by atoms with Crippen LogP contribution in [0.15, 0.2) is 18.2 Å². The van der Waals surface area contributed by atoms with E-state index >= 15 is 0 Å². The molecule has 0 amide bonds. The summed E-state index contributed by atoms with van der Waals surface area (Å²) in [5.41, 5.74) is 6.93. The van der Waals surface area contributed by atoms with E-state index < -0.39 is 0 Å². The monoisotopic (exact) mass is 177 g/mol. The lowest BCUT2D eigenvalue weighted by molar-refractivity contribution is 0.776. The Balaban J connectivity index is 2.73. The summed E-state index contributed by atoms with van der Waals surface area (Å²) in [6.07, 6.45) is 3.26. The van der Waals surface area contributed by atoms with Crippen LogP contribution < -0.4 is 5.73 Å². The van der Waals surface area contributed by atoms with E-state index in [0.29, 0.717) is 5.69 Å². The minimum absolute atomic E-state index is 0.0401. The molecular formula is C10H15N3. The SMILES string of the molecule is CCCCc1cccc(C(=N)N)n1. The molecule has 0 aliphatic heterocycles. The van der Waals surface area contributed by atoms with Gasteiger partial charge < -0.3 is 5.73 Å². The molecule has 70 valence electrons. The predicted molar refractivity (Wildman–Crippen MR) is 53.9 cm³/mol. The summed E-state index contributed by atoms with van der Waals surface area (Å²) in [5.74, 6) is 0.0401. The van der Waals surface area contributed by atoms with Crippen LogP contribution in [0, 0.1) is 5.41 Å². The summed E-state index contributed by atoms with van der Waals surface area (Å²) in [7, 11) is 0. The Morgan fingerprint density at radius 2 is 2.31 bits per heavy atom. The molecule has 3 heteroatoms. The van der Waals surface area contributed by atoms with Gasteiger partial charge in [0.25, 0.3) is 0 Å². The van der Waals surface area contributed by atoms with Crippen LogP contribution in [0.1, 0.15) is 31.2 Å². The molecule has 0 radical (unpaired) electrons. The number of nitrogens with two attached hydrogens (primary N) is 1. The van der Waals surface area contributed by atoms with Gasteiger partial charge in [0, 0.05) is 5.69 Å². The van der Waals surface area contributed by atoms with Crippen LogP contribution in [0.2, 0.25) is 0 Å². The average molecular weight is 177 g/mol. The maximum atomic E-state index is 7.22. The van der Waals surface area contributed by atoms with Gasteiger partial charge in [-0.3, -0.25) is 5.41 Å². The Bertz CT molecular complexity index is 294. The number of pyridine rings is 1. The highest BCUT2D eigenvalue weighted by Crippen LogP contribution is 2.03. The third kappa shape index (κ3) is 2.86. The van der Waals surface area contributed by atoms with Gasteiger partial charge in [-0.05, 0) is 25.0 Å². The molecule has 0 saturated heterocycles. The first-order valence-electron chi connectivity index (χ1n) is 4.54. The summed E-state index contributed by atoms with van der Waals surface area (Å²) in [6, 6.07) is 5.63. The molecule has 1 aromatic heterocycles. The Hall–Kier alpha value is -1.38. The first-order chi connectivity index (χ1) is 6.24. The Morgan fingerprint density at radius 3 is 2.92 bits per heavy atom. The summed E-state index contributed by atoms with van der Waals surface area (Å²) in [4.78, 5) is 4.26. The van der Waals surface area contributed by atoms with Crippen LogP contribution in [-0.2, 0) is 6.42 Å².